The van der Waals surface area contributed by atoms with Crippen molar-refractivity contribution in [3.05, 3.63) is 67.7 Å². The van der Waals surface area contributed by atoms with Gasteiger partial charge < -0.3 is 5.11 Å². The largest absolute Gasteiger partial charge is 0.502 e. The molecule has 0 radical (unpaired) electrons. The first-order chi connectivity index (χ1) is 10.9. The summed E-state index contributed by atoms with van der Waals surface area (Å²) in [6.07, 6.45) is 1.14. The van der Waals surface area contributed by atoms with Crippen molar-refractivity contribution in [1.29, 1.82) is 0 Å². The minimum atomic E-state index is -0.706. The number of amides is 1. The van der Waals surface area contributed by atoms with Crippen LogP contribution in [0.1, 0.15) is 21.5 Å². The smallest absolute Gasteiger partial charge is 0.312 e. The second-order valence-electron chi connectivity index (χ2n) is 4.69. The monoisotopic (exact) mass is 377 g/mol. The third kappa shape index (κ3) is 4.13. The SMILES string of the molecule is Cc1ccc(C(=O)N/N=C/c2cc(Br)cc([N+](=O)[O-])c2O)cc1. The van der Waals surface area contributed by atoms with Gasteiger partial charge in [0, 0.05) is 21.7 Å². The van der Waals surface area contributed by atoms with Gasteiger partial charge in [0.25, 0.3) is 5.91 Å². The molecule has 2 N–H and O–H groups in total. The molecule has 0 aliphatic carbocycles. The summed E-state index contributed by atoms with van der Waals surface area (Å²) in [5.74, 6) is -0.947. The number of phenolic OH excluding ortho intramolecular Hbond substituents is 1. The molecule has 0 saturated carbocycles. The maximum atomic E-state index is 11.9. The van der Waals surface area contributed by atoms with Gasteiger partial charge in [-0.05, 0) is 25.1 Å². The molecule has 0 heterocycles. The lowest BCUT2D eigenvalue weighted by molar-refractivity contribution is -0.385. The van der Waals surface area contributed by atoms with E-state index in [0.717, 1.165) is 11.8 Å². The van der Waals surface area contributed by atoms with Gasteiger partial charge in [0.1, 0.15) is 0 Å². The number of carbonyl (C=O) groups excluding carboxylic acids is 1. The Morgan fingerprint density at radius 3 is 2.61 bits per heavy atom. The zero-order chi connectivity index (χ0) is 17.0. The average Bonchev–Trinajstić information content (AvgIpc) is 2.50. The summed E-state index contributed by atoms with van der Waals surface area (Å²) < 4.78 is 0.410. The van der Waals surface area contributed by atoms with Gasteiger partial charge in [-0.1, -0.05) is 33.6 Å². The molecule has 2 aromatic carbocycles. The number of halogens is 1. The van der Waals surface area contributed by atoms with Gasteiger partial charge in [0.15, 0.2) is 0 Å². The molecule has 0 saturated heterocycles. The molecule has 0 unspecified atom stereocenters. The van der Waals surface area contributed by atoms with Crippen LogP contribution in [0, 0.1) is 17.0 Å². The number of phenols is 1. The summed E-state index contributed by atoms with van der Waals surface area (Å²) in [4.78, 5) is 22.0. The molecule has 0 bridgehead atoms. The van der Waals surface area contributed by atoms with E-state index < -0.39 is 22.3 Å². The number of hydrogen-bond acceptors (Lipinski definition) is 5. The van der Waals surface area contributed by atoms with Crippen LogP contribution < -0.4 is 5.43 Å². The highest BCUT2D eigenvalue weighted by molar-refractivity contribution is 9.10. The Balaban J connectivity index is 2.16. The molecule has 0 spiro atoms. The number of benzene rings is 2. The van der Waals surface area contributed by atoms with Crippen LogP contribution in [0.25, 0.3) is 0 Å². The van der Waals surface area contributed by atoms with Crippen molar-refractivity contribution in [2.45, 2.75) is 6.92 Å². The molecule has 0 fully saturated rings. The molecular formula is C15H12BrN3O4. The van der Waals surface area contributed by atoms with E-state index in [2.05, 4.69) is 26.5 Å². The average molecular weight is 378 g/mol. The molecule has 0 aliphatic rings. The van der Waals surface area contributed by atoms with E-state index in [9.17, 15) is 20.0 Å². The molecule has 8 heteroatoms. The standard InChI is InChI=1S/C15H12BrN3O4/c1-9-2-4-10(5-3-9)15(21)18-17-8-11-6-12(16)7-13(14(11)20)19(22)23/h2-8,20H,1H3,(H,18,21)/b17-8+. The molecule has 2 aromatic rings. The molecule has 0 aromatic heterocycles. The number of nitrogens with zero attached hydrogens (tertiary/aromatic N) is 2. The Labute approximate surface area is 139 Å². The third-order valence-electron chi connectivity index (χ3n) is 2.96. The highest BCUT2D eigenvalue weighted by atomic mass is 79.9. The number of aromatic hydroxyl groups is 1. The van der Waals surface area contributed by atoms with Crippen LogP contribution in [0.3, 0.4) is 0 Å². The minimum absolute atomic E-state index is 0.107. The topological polar surface area (TPSA) is 105 Å². The Kier molecular flexibility index (Phi) is 5.07. The first-order valence-corrected chi connectivity index (χ1v) is 7.25. The maximum Gasteiger partial charge on any atom is 0.312 e. The maximum absolute atomic E-state index is 11.9. The van der Waals surface area contributed by atoms with Gasteiger partial charge in [-0.3, -0.25) is 14.9 Å². The lowest BCUT2D eigenvalue weighted by atomic mass is 10.1. The van der Waals surface area contributed by atoms with Crippen molar-refractivity contribution in [2.75, 3.05) is 0 Å². The van der Waals surface area contributed by atoms with Gasteiger partial charge in [0.2, 0.25) is 5.75 Å². The van der Waals surface area contributed by atoms with Gasteiger partial charge in [0.05, 0.1) is 11.1 Å². The lowest BCUT2D eigenvalue weighted by Crippen LogP contribution is -2.17. The Morgan fingerprint density at radius 1 is 1.35 bits per heavy atom. The second-order valence-corrected chi connectivity index (χ2v) is 5.60. The summed E-state index contributed by atoms with van der Waals surface area (Å²) in [5, 5.41) is 24.4. The van der Waals surface area contributed by atoms with E-state index in [1.54, 1.807) is 24.3 Å². The van der Waals surface area contributed by atoms with E-state index >= 15 is 0 Å². The number of nitrogens with one attached hydrogen (secondary N) is 1. The van der Waals surface area contributed by atoms with Crippen LogP contribution in [0.4, 0.5) is 5.69 Å². The van der Waals surface area contributed by atoms with Gasteiger partial charge in [-0.15, -0.1) is 0 Å². The summed E-state index contributed by atoms with van der Waals surface area (Å²) in [5.41, 5.74) is 3.40. The van der Waals surface area contributed by atoms with Crippen LogP contribution in [0.15, 0.2) is 46.0 Å². The molecular weight excluding hydrogens is 366 g/mol. The fourth-order valence-electron chi connectivity index (χ4n) is 1.77. The van der Waals surface area contributed by atoms with Crippen molar-refractivity contribution in [3.8, 4) is 5.75 Å². The van der Waals surface area contributed by atoms with Crippen molar-refractivity contribution < 1.29 is 14.8 Å². The number of hydrogen-bond donors (Lipinski definition) is 2. The fourth-order valence-corrected chi connectivity index (χ4v) is 2.24. The van der Waals surface area contributed by atoms with Crippen molar-refractivity contribution in [3.63, 3.8) is 0 Å². The van der Waals surface area contributed by atoms with E-state index in [0.29, 0.717) is 10.0 Å². The number of nitro groups is 1. The molecule has 23 heavy (non-hydrogen) atoms. The number of hydrazone groups is 1. The van der Waals surface area contributed by atoms with Crippen molar-refractivity contribution in [1.82, 2.24) is 5.43 Å². The molecule has 0 atom stereocenters. The molecule has 1 amide bonds. The molecule has 118 valence electrons. The Morgan fingerprint density at radius 2 is 2.00 bits per heavy atom. The van der Waals surface area contributed by atoms with Gasteiger partial charge >= 0.3 is 5.69 Å². The first-order valence-electron chi connectivity index (χ1n) is 6.45. The predicted octanol–water partition coefficient (Wildman–Crippen LogP) is 3.14. The number of aryl methyl sites for hydroxylation is 1. The zero-order valence-corrected chi connectivity index (χ0v) is 13.6. The lowest BCUT2D eigenvalue weighted by Gasteiger charge is -2.02. The van der Waals surface area contributed by atoms with Crippen LogP contribution in [-0.4, -0.2) is 22.2 Å². The van der Waals surface area contributed by atoms with E-state index in [1.165, 1.54) is 12.1 Å². The summed E-state index contributed by atoms with van der Waals surface area (Å²) in [6, 6.07) is 9.52. The molecule has 2 rings (SSSR count). The Bertz CT molecular complexity index is 788. The highest BCUT2D eigenvalue weighted by Gasteiger charge is 2.17. The van der Waals surface area contributed by atoms with E-state index in [-0.39, 0.29) is 5.56 Å². The number of nitro benzene ring substituents is 1. The number of carbonyl (C=O) groups is 1. The quantitative estimate of drug-likeness (QED) is 0.484. The minimum Gasteiger partial charge on any atom is -0.502 e. The van der Waals surface area contributed by atoms with E-state index in [4.69, 9.17) is 0 Å². The first kappa shape index (κ1) is 16.6. The third-order valence-corrected chi connectivity index (χ3v) is 3.42. The Hall–Kier alpha value is -2.74. The highest BCUT2D eigenvalue weighted by Crippen LogP contribution is 2.32. The summed E-state index contributed by atoms with van der Waals surface area (Å²) in [7, 11) is 0. The van der Waals surface area contributed by atoms with Gasteiger partial charge in [-0.25, -0.2) is 5.43 Å². The van der Waals surface area contributed by atoms with Crippen LogP contribution in [0.5, 0.6) is 5.75 Å². The molecule has 0 aliphatic heterocycles. The van der Waals surface area contributed by atoms with Gasteiger partial charge in [-0.2, -0.15) is 5.10 Å². The summed E-state index contributed by atoms with van der Waals surface area (Å²) in [6.45, 7) is 1.91. The fraction of sp³-hybridized carbons (Fsp3) is 0.0667. The zero-order valence-electron chi connectivity index (χ0n) is 12.0. The van der Waals surface area contributed by atoms with Crippen LogP contribution in [0.2, 0.25) is 0 Å². The predicted molar refractivity (Wildman–Crippen MR) is 88.7 cm³/mol. The van der Waals surface area contributed by atoms with Crippen LogP contribution >= 0.6 is 15.9 Å². The molecule has 7 nitrogen and oxygen atoms in total. The second kappa shape index (κ2) is 7.01. The van der Waals surface area contributed by atoms with E-state index in [1.807, 2.05) is 6.92 Å². The summed E-state index contributed by atoms with van der Waals surface area (Å²) >= 11 is 3.12. The number of rotatable bonds is 4. The van der Waals surface area contributed by atoms with Crippen molar-refractivity contribution in [2.24, 2.45) is 5.10 Å². The normalized spacial score (nSPS) is 10.7. The van der Waals surface area contributed by atoms with Crippen molar-refractivity contribution >= 4 is 33.7 Å². The van der Waals surface area contributed by atoms with Crippen LogP contribution in [-0.2, 0) is 0 Å².